The van der Waals surface area contributed by atoms with Crippen molar-refractivity contribution in [3.05, 3.63) is 0 Å². The molecule has 0 radical (unpaired) electrons. The van der Waals surface area contributed by atoms with Crippen molar-refractivity contribution in [1.82, 2.24) is 10.2 Å². The standard InChI is InChI=1S/C17H36N2O2Si/c1-5-7-8-9-15-22(3,4)17-18-12-10-13-19(17)14-11-16(20)21-6-2/h17-18H,5-15H2,1-4H3. The smallest absolute Gasteiger partial charge is 0.307 e. The van der Waals surface area contributed by atoms with Gasteiger partial charge in [-0.1, -0.05) is 51.7 Å². The predicted molar refractivity (Wildman–Crippen MR) is 95.7 cm³/mol. The maximum atomic E-state index is 11.6. The van der Waals surface area contributed by atoms with Crippen LogP contribution in [0, 0.1) is 0 Å². The lowest BCUT2D eigenvalue weighted by Gasteiger charge is -2.44. The Balaban J connectivity index is 2.49. The van der Waals surface area contributed by atoms with Crippen LogP contribution in [0.5, 0.6) is 0 Å². The van der Waals surface area contributed by atoms with Gasteiger partial charge in [-0.3, -0.25) is 9.69 Å². The van der Waals surface area contributed by atoms with Gasteiger partial charge in [-0.25, -0.2) is 0 Å². The van der Waals surface area contributed by atoms with Gasteiger partial charge >= 0.3 is 5.97 Å². The van der Waals surface area contributed by atoms with E-state index in [9.17, 15) is 4.79 Å². The maximum absolute atomic E-state index is 11.6. The van der Waals surface area contributed by atoms with Gasteiger partial charge in [0, 0.05) is 18.9 Å². The predicted octanol–water partition coefficient (Wildman–Crippen LogP) is 3.39. The molecule has 1 N–H and O–H groups in total. The molecular formula is C17H36N2O2Si. The Morgan fingerprint density at radius 3 is 2.73 bits per heavy atom. The van der Waals surface area contributed by atoms with Crippen molar-refractivity contribution in [3.63, 3.8) is 0 Å². The zero-order valence-electron chi connectivity index (χ0n) is 15.1. The normalized spacial score (nSPS) is 20.1. The van der Waals surface area contributed by atoms with E-state index in [-0.39, 0.29) is 5.97 Å². The lowest BCUT2D eigenvalue weighted by atomic mass is 10.2. The molecular weight excluding hydrogens is 292 g/mol. The van der Waals surface area contributed by atoms with Crippen LogP contribution in [-0.4, -0.2) is 51.0 Å². The summed E-state index contributed by atoms with van der Waals surface area (Å²) in [5.41, 5.74) is 0. The minimum Gasteiger partial charge on any atom is -0.466 e. The van der Waals surface area contributed by atoms with E-state index >= 15 is 0 Å². The number of hydrogen-bond acceptors (Lipinski definition) is 4. The molecule has 0 saturated carbocycles. The number of carbonyl (C=O) groups excluding carboxylic acids is 1. The number of esters is 1. The number of hydrogen-bond donors (Lipinski definition) is 1. The van der Waals surface area contributed by atoms with Crippen molar-refractivity contribution in [2.45, 2.75) is 77.3 Å². The van der Waals surface area contributed by atoms with E-state index in [0.717, 1.165) is 19.6 Å². The molecule has 1 unspecified atom stereocenters. The van der Waals surface area contributed by atoms with E-state index in [1.165, 1.54) is 38.1 Å². The molecule has 0 aliphatic carbocycles. The van der Waals surface area contributed by atoms with Gasteiger partial charge in [-0.15, -0.1) is 0 Å². The van der Waals surface area contributed by atoms with E-state index in [1.54, 1.807) is 0 Å². The van der Waals surface area contributed by atoms with Gasteiger partial charge in [0.2, 0.25) is 0 Å². The van der Waals surface area contributed by atoms with Crippen molar-refractivity contribution >= 4 is 14.0 Å². The van der Waals surface area contributed by atoms with Gasteiger partial charge in [0.25, 0.3) is 0 Å². The highest BCUT2D eigenvalue weighted by atomic mass is 28.3. The first-order valence-electron chi connectivity index (χ1n) is 9.14. The molecule has 1 rings (SSSR count). The van der Waals surface area contributed by atoms with Crippen LogP contribution < -0.4 is 5.32 Å². The Labute approximate surface area is 138 Å². The van der Waals surface area contributed by atoms with Crippen molar-refractivity contribution in [2.75, 3.05) is 26.2 Å². The summed E-state index contributed by atoms with van der Waals surface area (Å²) in [5.74, 6) is 0.451. The topological polar surface area (TPSA) is 41.6 Å². The van der Waals surface area contributed by atoms with Crippen molar-refractivity contribution < 1.29 is 9.53 Å². The number of ether oxygens (including phenoxy) is 1. The Hall–Kier alpha value is -0.393. The summed E-state index contributed by atoms with van der Waals surface area (Å²) >= 11 is 0. The average molecular weight is 329 g/mol. The first-order valence-corrected chi connectivity index (χ1v) is 12.4. The molecule has 0 spiro atoms. The van der Waals surface area contributed by atoms with Crippen LogP contribution in [0.15, 0.2) is 0 Å². The quantitative estimate of drug-likeness (QED) is 0.379. The molecule has 0 aromatic rings. The van der Waals surface area contributed by atoms with Gasteiger partial charge in [0.05, 0.1) is 21.1 Å². The van der Waals surface area contributed by atoms with Gasteiger partial charge in [0.15, 0.2) is 0 Å². The molecule has 1 aliphatic rings. The fraction of sp³-hybridized carbons (Fsp3) is 0.941. The third-order valence-corrected chi connectivity index (χ3v) is 8.34. The second-order valence-corrected chi connectivity index (χ2v) is 12.1. The first kappa shape index (κ1) is 19.7. The van der Waals surface area contributed by atoms with Crippen LogP contribution >= 0.6 is 0 Å². The summed E-state index contributed by atoms with van der Waals surface area (Å²) in [6.45, 7) is 12.7. The molecule has 22 heavy (non-hydrogen) atoms. The fourth-order valence-electron chi connectivity index (χ4n) is 3.40. The molecule has 5 heteroatoms. The largest absolute Gasteiger partial charge is 0.466 e. The molecule has 0 aromatic carbocycles. The Bertz CT molecular complexity index is 324. The summed E-state index contributed by atoms with van der Waals surface area (Å²) in [5, 5.41) is 3.74. The highest BCUT2D eigenvalue weighted by Crippen LogP contribution is 2.23. The van der Waals surface area contributed by atoms with E-state index in [4.69, 9.17) is 4.74 Å². The average Bonchev–Trinajstić information content (AvgIpc) is 2.50. The van der Waals surface area contributed by atoms with Crippen LogP contribution in [0.2, 0.25) is 19.1 Å². The molecule has 130 valence electrons. The Kier molecular flexibility index (Phi) is 9.29. The Morgan fingerprint density at radius 2 is 2.05 bits per heavy atom. The maximum Gasteiger partial charge on any atom is 0.307 e. The number of nitrogens with one attached hydrogen (secondary N) is 1. The van der Waals surface area contributed by atoms with Crippen LogP contribution in [0.1, 0.15) is 52.4 Å². The highest BCUT2D eigenvalue weighted by molar-refractivity contribution is 6.78. The molecule has 4 nitrogen and oxygen atoms in total. The van der Waals surface area contributed by atoms with Crippen LogP contribution in [0.3, 0.4) is 0 Å². The van der Waals surface area contributed by atoms with E-state index in [2.05, 4.69) is 30.2 Å². The third-order valence-electron chi connectivity index (χ3n) is 4.65. The van der Waals surface area contributed by atoms with Crippen LogP contribution in [-0.2, 0) is 9.53 Å². The number of unbranched alkanes of at least 4 members (excludes halogenated alkanes) is 3. The first-order chi connectivity index (χ1) is 10.5. The third kappa shape index (κ3) is 6.80. The van der Waals surface area contributed by atoms with Gasteiger partial charge in [-0.2, -0.15) is 0 Å². The van der Waals surface area contributed by atoms with Gasteiger partial charge < -0.3 is 10.1 Å². The van der Waals surface area contributed by atoms with E-state index < -0.39 is 8.07 Å². The second kappa shape index (κ2) is 10.4. The monoisotopic (exact) mass is 328 g/mol. The number of rotatable bonds is 10. The lowest BCUT2D eigenvalue weighted by Crippen LogP contribution is -2.64. The van der Waals surface area contributed by atoms with E-state index in [0.29, 0.717) is 18.8 Å². The van der Waals surface area contributed by atoms with Crippen LogP contribution in [0.25, 0.3) is 0 Å². The zero-order chi connectivity index (χ0) is 16.4. The zero-order valence-corrected chi connectivity index (χ0v) is 16.1. The SMILES string of the molecule is CCCCCC[Si](C)(C)C1NCCCN1CCC(=O)OCC. The number of nitrogens with zero attached hydrogens (tertiary/aromatic N) is 1. The molecule has 1 fully saturated rings. The summed E-state index contributed by atoms with van der Waals surface area (Å²) in [6, 6.07) is 1.38. The molecule has 1 aliphatic heterocycles. The molecule has 1 saturated heterocycles. The Morgan fingerprint density at radius 1 is 1.27 bits per heavy atom. The minimum atomic E-state index is -1.34. The second-order valence-electron chi connectivity index (χ2n) is 7.10. The number of carbonyl (C=O) groups is 1. The van der Waals surface area contributed by atoms with E-state index in [1.807, 2.05) is 6.92 Å². The van der Waals surface area contributed by atoms with Crippen LogP contribution in [0.4, 0.5) is 0 Å². The molecule has 0 amide bonds. The van der Waals surface area contributed by atoms with Crippen molar-refractivity contribution in [2.24, 2.45) is 0 Å². The molecule has 0 bridgehead atoms. The highest BCUT2D eigenvalue weighted by Gasteiger charge is 2.36. The van der Waals surface area contributed by atoms with Crippen molar-refractivity contribution in [3.8, 4) is 0 Å². The molecule has 0 aromatic heterocycles. The van der Waals surface area contributed by atoms with Gasteiger partial charge in [-0.05, 0) is 19.9 Å². The van der Waals surface area contributed by atoms with Gasteiger partial charge in [0.1, 0.15) is 0 Å². The lowest BCUT2D eigenvalue weighted by molar-refractivity contribution is -0.143. The fourth-order valence-corrected chi connectivity index (χ4v) is 6.78. The summed E-state index contributed by atoms with van der Waals surface area (Å²) in [6.07, 6.45) is 7.08. The van der Waals surface area contributed by atoms with Crippen molar-refractivity contribution in [1.29, 1.82) is 0 Å². The minimum absolute atomic E-state index is 0.0609. The molecule has 1 atom stereocenters. The summed E-state index contributed by atoms with van der Waals surface area (Å²) in [7, 11) is -1.34. The summed E-state index contributed by atoms with van der Waals surface area (Å²) < 4.78 is 5.07. The summed E-state index contributed by atoms with van der Waals surface area (Å²) in [4.78, 5) is 14.1. The molecule has 1 heterocycles.